The smallest absolute Gasteiger partial charge is 0.0982 e. The van der Waals surface area contributed by atoms with E-state index in [2.05, 4.69) is 5.10 Å². The lowest BCUT2D eigenvalue weighted by Crippen LogP contribution is -1.94. The number of nitrogens with zero attached hydrogens (tertiary/aromatic N) is 2. The maximum absolute atomic E-state index is 9.52. The van der Waals surface area contributed by atoms with E-state index in [9.17, 15) is 5.11 Å². The minimum Gasteiger partial charge on any atom is -0.392 e. The van der Waals surface area contributed by atoms with Crippen molar-refractivity contribution >= 4 is 11.6 Å². The van der Waals surface area contributed by atoms with Crippen molar-refractivity contribution in [2.24, 2.45) is 0 Å². The molecule has 3 nitrogen and oxygen atoms in total. The van der Waals surface area contributed by atoms with Crippen molar-refractivity contribution in [2.45, 2.75) is 6.61 Å². The van der Waals surface area contributed by atoms with Gasteiger partial charge in [0.05, 0.1) is 18.0 Å². The van der Waals surface area contributed by atoms with Crippen molar-refractivity contribution in [3.05, 3.63) is 71.4 Å². The molecule has 3 rings (SSSR count). The second-order valence-corrected chi connectivity index (χ2v) is 4.89. The maximum Gasteiger partial charge on any atom is 0.0982 e. The number of rotatable bonds is 3. The van der Waals surface area contributed by atoms with E-state index in [1.54, 1.807) is 4.68 Å². The highest BCUT2D eigenvalue weighted by atomic mass is 35.5. The number of aromatic nitrogens is 2. The van der Waals surface area contributed by atoms with Crippen LogP contribution in [0, 0.1) is 0 Å². The molecule has 1 heterocycles. The number of aliphatic hydroxyl groups excluding tert-OH is 1. The van der Waals surface area contributed by atoms with E-state index in [1.165, 1.54) is 0 Å². The van der Waals surface area contributed by atoms with Gasteiger partial charge in [-0.25, -0.2) is 4.68 Å². The molecule has 0 saturated heterocycles. The Bertz CT molecular complexity index is 722. The van der Waals surface area contributed by atoms with Crippen LogP contribution in [0.1, 0.15) is 5.56 Å². The molecule has 0 atom stereocenters. The van der Waals surface area contributed by atoms with Crippen molar-refractivity contribution in [3.63, 3.8) is 0 Å². The van der Waals surface area contributed by atoms with Crippen LogP contribution in [-0.4, -0.2) is 14.9 Å². The molecule has 3 aromatic rings. The van der Waals surface area contributed by atoms with E-state index in [4.69, 9.17) is 11.6 Å². The summed E-state index contributed by atoms with van der Waals surface area (Å²) in [5.74, 6) is 0. The first-order valence-electron chi connectivity index (χ1n) is 6.28. The first kappa shape index (κ1) is 12.9. The van der Waals surface area contributed by atoms with Gasteiger partial charge in [0, 0.05) is 22.3 Å². The SMILES string of the molecule is OCc1cn(-c2cccc(Cl)c2)nc1-c1ccccc1. The Morgan fingerprint density at radius 2 is 1.85 bits per heavy atom. The Morgan fingerprint density at radius 1 is 1.05 bits per heavy atom. The predicted molar refractivity (Wildman–Crippen MR) is 79.9 cm³/mol. The summed E-state index contributed by atoms with van der Waals surface area (Å²) in [5.41, 5.74) is 3.43. The molecule has 4 heteroatoms. The molecule has 0 spiro atoms. The summed E-state index contributed by atoms with van der Waals surface area (Å²) in [6.45, 7) is -0.0508. The largest absolute Gasteiger partial charge is 0.392 e. The van der Waals surface area contributed by atoms with Gasteiger partial charge < -0.3 is 5.11 Å². The Hall–Kier alpha value is -2.10. The average Bonchev–Trinajstić information content (AvgIpc) is 2.92. The van der Waals surface area contributed by atoms with E-state index >= 15 is 0 Å². The van der Waals surface area contributed by atoms with Crippen LogP contribution < -0.4 is 0 Å². The molecule has 1 aromatic heterocycles. The number of hydrogen-bond acceptors (Lipinski definition) is 2. The lowest BCUT2D eigenvalue weighted by Gasteiger charge is -2.01. The van der Waals surface area contributed by atoms with Crippen LogP contribution in [0.15, 0.2) is 60.8 Å². The van der Waals surface area contributed by atoms with Gasteiger partial charge in [0.15, 0.2) is 0 Å². The van der Waals surface area contributed by atoms with Crippen LogP contribution in [0.5, 0.6) is 0 Å². The zero-order valence-electron chi connectivity index (χ0n) is 10.7. The van der Waals surface area contributed by atoms with Gasteiger partial charge in [-0.05, 0) is 18.2 Å². The van der Waals surface area contributed by atoms with Crippen molar-refractivity contribution in [1.29, 1.82) is 0 Å². The molecule has 100 valence electrons. The highest BCUT2D eigenvalue weighted by Crippen LogP contribution is 2.24. The standard InChI is InChI=1S/C16H13ClN2O/c17-14-7-4-8-15(9-14)19-10-13(11-20)16(18-19)12-5-2-1-3-6-12/h1-10,20H,11H2. The van der Waals surface area contributed by atoms with Gasteiger partial charge in [0.2, 0.25) is 0 Å². The second kappa shape index (κ2) is 5.49. The van der Waals surface area contributed by atoms with Gasteiger partial charge in [-0.1, -0.05) is 48.0 Å². The predicted octanol–water partition coefficient (Wildman–Crippen LogP) is 3.69. The van der Waals surface area contributed by atoms with E-state index in [1.807, 2.05) is 60.8 Å². The van der Waals surface area contributed by atoms with E-state index in [0.717, 1.165) is 22.5 Å². The highest BCUT2D eigenvalue weighted by molar-refractivity contribution is 6.30. The van der Waals surface area contributed by atoms with E-state index < -0.39 is 0 Å². The van der Waals surface area contributed by atoms with Crippen LogP contribution >= 0.6 is 11.6 Å². The molecule has 0 aliphatic carbocycles. The van der Waals surface area contributed by atoms with E-state index in [0.29, 0.717) is 5.02 Å². The minimum absolute atomic E-state index is 0.0508. The molecule has 0 bridgehead atoms. The average molecular weight is 285 g/mol. The summed E-state index contributed by atoms with van der Waals surface area (Å²) >= 11 is 6.00. The molecule has 0 amide bonds. The lowest BCUT2D eigenvalue weighted by molar-refractivity contribution is 0.282. The third kappa shape index (κ3) is 2.46. The summed E-state index contributed by atoms with van der Waals surface area (Å²) in [5, 5.41) is 14.7. The minimum atomic E-state index is -0.0508. The molecule has 0 aliphatic rings. The van der Waals surface area contributed by atoms with Crippen molar-refractivity contribution < 1.29 is 5.11 Å². The molecule has 0 fully saturated rings. The van der Waals surface area contributed by atoms with Crippen LogP contribution in [-0.2, 0) is 6.61 Å². The van der Waals surface area contributed by atoms with Gasteiger partial charge in [0.1, 0.15) is 0 Å². The summed E-state index contributed by atoms with van der Waals surface area (Å²) < 4.78 is 1.74. The monoisotopic (exact) mass is 284 g/mol. The quantitative estimate of drug-likeness (QED) is 0.797. The number of benzene rings is 2. The normalized spacial score (nSPS) is 10.7. The van der Waals surface area contributed by atoms with Crippen molar-refractivity contribution in [3.8, 4) is 16.9 Å². The molecular weight excluding hydrogens is 272 g/mol. The number of aliphatic hydroxyl groups is 1. The van der Waals surface area contributed by atoms with Crippen LogP contribution in [0.25, 0.3) is 16.9 Å². The van der Waals surface area contributed by atoms with Crippen LogP contribution in [0.3, 0.4) is 0 Å². The fourth-order valence-electron chi connectivity index (χ4n) is 2.12. The molecule has 1 N–H and O–H groups in total. The Kier molecular flexibility index (Phi) is 3.54. The highest BCUT2D eigenvalue weighted by Gasteiger charge is 2.11. The molecule has 0 saturated carbocycles. The molecule has 0 radical (unpaired) electrons. The van der Waals surface area contributed by atoms with Crippen molar-refractivity contribution in [1.82, 2.24) is 9.78 Å². The Labute approximate surface area is 122 Å². The summed E-state index contributed by atoms with van der Waals surface area (Å²) in [6.07, 6.45) is 1.83. The van der Waals surface area contributed by atoms with Gasteiger partial charge in [-0.3, -0.25) is 0 Å². The Balaban J connectivity index is 2.10. The summed E-state index contributed by atoms with van der Waals surface area (Å²) in [7, 11) is 0. The molecular formula is C16H13ClN2O. The molecule has 2 aromatic carbocycles. The first-order valence-corrected chi connectivity index (χ1v) is 6.66. The number of hydrogen-bond donors (Lipinski definition) is 1. The third-order valence-corrected chi connectivity index (χ3v) is 3.32. The van der Waals surface area contributed by atoms with Crippen molar-refractivity contribution in [2.75, 3.05) is 0 Å². The molecule has 0 aliphatic heterocycles. The maximum atomic E-state index is 9.52. The first-order chi connectivity index (χ1) is 9.78. The summed E-state index contributed by atoms with van der Waals surface area (Å²) in [4.78, 5) is 0. The summed E-state index contributed by atoms with van der Waals surface area (Å²) in [6, 6.07) is 17.3. The zero-order valence-corrected chi connectivity index (χ0v) is 11.5. The lowest BCUT2D eigenvalue weighted by atomic mass is 10.1. The van der Waals surface area contributed by atoms with Gasteiger partial charge in [-0.15, -0.1) is 0 Å². The topological polar surface area (TPSA) is 38.0 Å². The van der Waals surface area contributed by atoms with Gasteiger partial charge in [-0.2, -0.15) is 5.10 Å². The zero-order chi connectivity index (χ0) is 13.9. The fourth-order valence-corrected chi connectivity index (χ4v) is 2.30. The second-order valence-electron chi connectivity index (χ2n) is 4.45. The van der Waals surface area contributed by atoms with Crippen LogP contribution in [0.4, 0.5) is 0 Å². The van der Waals surface area contributed by atoms with Crippen LogP contribution in [0.2, 0.25) is 5.02 Å². The molecule has 20 heavy (non-hydrogen) atoms. The fraction of sp³-hybridized carbons (Fsp3) is 0.0625. The molecule has 0 unspecified atom stereocenters. The third-order valence-electron chi connectivity index (χ3n) is 3.08. The van der Waals surface area contributed by atoms with E-state index in [-0.39, 0.29) is 6.61 Å². The number of halogens is 1. The van der Waals surface area contributed by atoms with Gasteiger partial charge >= 0.3 is 0 Å². The Morgan fingerprint density at radius 3 is 2.55 bits per heavy atom. The van der Waals surface area contributed by atoms with Gasteiger partial charge in [0.25, 0.3) is 0 Å².